The number of nitrogens with zero attached hydrogens (tertiary/aromatic N) is 3. The van der Waals surface area contributed by atoms with Crippen LogP contribution in [0.15, 0.2) is 72.9 Å². The SMILES string of the molecule is CC(C)Cn1ncc2cc(Oc3ccccc3CC(=O)Nc3ccc(N4CCOCC4)cc3)ccc21. The lowest BCUT2D eigenvalue weighted by Crippen LogP contribution is -2.36. The molecule has 1 N–H and O–H groups in total. The molecule has 1 aliphatic rings. The number of nitrogens with one attached hydrogen (secondary N) is 1. The molecule has 0 unspecified atom stereocenters. The van der Waals surface area contributed by atoms with Crippen LogP contribution in [0.5, 0.6) is 11.5 Å². The highest BCUT2D eigenvalue weighted by Crippen LogP contribution is 2.29. The standard InChI is InChI=1S/C29H32N4O3/c1-21(2)20-33-27-12-11-26(17-23(27)19-30-33)36-28-6-4-3-5-22(28)18-29(34)31-24-7-9-25(10-8-24)32-13-15-35-16-14-32/h3-12,17,19,21H,13-16,18,20H2,1-2H3,(H,31,34). The van der Waals surface area contributed by atoms with Crippen molar-refractivity contribution in [2.24, 2.45) is 5.92 Å². The highest BCUT2D eigenvalue weighted by molar-refractivity contribution is 5.92. The number of anilines is 2. The van der Waals surface area contributed by atoms with Gasteiger partial charge in [-0.25, -0.2) is 0 Å². The lowest BCUT2D eigenvalue weighted by atomic mass is 10.1. The van der Waals surface area contributed by atoms with Gasteiger partial charge in [-0.1, -0.05) is 32.0 Å². The van der Waals surface area contributed by atoms with Gasteiger partial charge in [0.15, 0.2) is 0 Å². The van der Waals surface area contributed by atoms with E-state index in [-0.39, 0.29) is 12.3 Å². The van der Waals surface area contributed by atoms with Crippen LogP contribution in [0.3, 0.4) is 0 Å². The average Bonchev–Trinajstić information content (AvgIpc) is 3.27. The van der Waals surface area contributed by atoms with Crippen LogP contribution >= 0.6 is 0 Å². The number of aromatic nitrogens is 2. The van der Waals surface area contributed by atoms with Crippen molar-refractivity contribution in [3.63, 3.8) is 0 Å². The first-order chi connectivity index (χ1) is 17.5. The molecule has 7 nitrogen and oxygen atoms in total. The molecule has 36 heavy (non-hydrogen) atoms. The van der Waals surface area contributed by atoms with Crippen molar-refractivity contribution >= 4 is 28.2 Å². The topological polar surface area (TPSA) is 68.6 Å². The van der Waals surface area contributed by atoms with Gasteiger partial charge in [0.05, 0.1) is 31.3 Å². The van der Waals surface area contributed by atoms with Gasteiger partial charge >= 0.3 is 0 Å². The van der Waals surface area contributed by atoms with E-state index >= 15 is 0 Å². The zero-order chi connectivity index (χ0) is 24.9. The quantitative estimate of drug-likeness (QED) is 0.358. The number of fused-ring (bicyclic) bond motifs is 1. The van der Waals surface area contributed by atoms with E-state index in [1.54, 1.807) is 0 Å². The number of hydrogen-bond donors (Lipinski definition) is 1. The van der Waals surface area contributed by atoms with Crippen molar-refractivity contribution in [3.8, 4) is 11.5 Å². The minimum Gasteiger partial charge on any atom is -0.457 e. The number of benzene rings is 3. The molecule has 0 atom stereocenters. The van der Waals surface area contributed by atoms with E-state index in [1.165, 1.54) is 0 Å². The number of rotatable bonds is 8. The Hall–Kier alpha value is -3.84. The van der Waals surface area contributed by atoms with E-state index in [4.69, 9.17) is 9.47 Å². The Kier molecular flexibility index (Phi) is 7.18. The Balaban J connectivity index is 1.24. The summed E-state index contributed by atoms with van der Waals surface area (Å²) in [4.78, 5) is 15.1. The summed E-state index contributed by atoms with van der Waals surface area (Å²) in [6.07, 6.45) is 2.09. The van der Waals surface area contributed by atoms with Crippen LogP contribution in [0.2, 0.25) is 0 Å². The predicted molar refractivity (Wildman–Crippen MR) is 143 cm³/mol. The van der Waals surface area contributed by atoms with Crippen molar-refractivity contribution in [2.45, 2.75) is 26.8 Å². The summed E-state index contributed by atoms with van der Waals surface area (Å²) in [5.74, 6) is 1.82. The lowest BCUT2D eigenvalue weighted by Gasteiger charge is -2.28. The third-order valence-corrected chi connectivity index (χ3v) is 6.23. The number of ether oxygens (including phenoxy) is 2. The smallest absolute Gasteiger partial charge is 0.228 e. The molecular weight excluding hydrogens is 452 g/mol. The second kappa shape index (κ2) is 10.8. The van der Waals surface area contributed by atoms with Crippen molar-refractivity contribution in [1.82, 2.24) is 9.78 Å². The molecule has 3 aromatic carbocycles. The fourth-order valence-electron chi connectivity index (χ4n) is 4.45. The normalized spacial score (nSPS) is 13.8. The molecule has 7 heteroatoms. The summed E-state index contributed by atoms with van der Waals surface area (Å²) in [6, 6.07) is 21.6. The van der Waals surface area contributed by atoms with E-state index < -0.39 is 0 Å². The van der Waals surface area contributed by atoms with E-state index in [0.29, 0.717) is 11.7 Å². The Morgan fingerprint density at radius 3 is 2.61 bits per heavy atom. The largest absolute Gasteiger partial charge is 0.457 e. The van der Waals surface area contributed by atoms with Gasteiger partial charge in [-0.3, -0.25) is 9.48 Å². The van der Waals surface area contributed by atoms with Crippen LogP contribution in [-0.4, -0.2) is 42.0 Å². The van der Waals surface area contributed by atoms with Gasteiger partial charge in [0, 0.05) is 42.0 Å². The average molecular weight is 485 g/mol. The van der Waals surface area contributed by atoms with Gasteiger partial charge in [0.2, 0.25) is 5.91 Å². The lowest BCUT2D eigenvalue weighted by molar-refractivity contribution is -0.115. The molecule has 1 aromatic heterocycles. The van der Waals surface area contributed by atoms with E-state index in [1.807, 2.05) is 77.6 Å². The number of para-hydroxylation sites is 1. The minimum absolute atomic E-state index is 0.0874. The van der Waals surface area contributed by atoms with Gasteiger partial charge in [-0.2, -0.15) is 5.10 Å². The maximum atomic E-state index is 12.8. The molecule has 0 aliphatic carbocycles. The second-order valence-corrected chi connectivity index (χ2v) is 9.52. The van der Waals surface area contributed by atoms with Crippen LogP contribution in [0.25, 0.3) is 10.9 Å². The maximum Gasteiger partial charge on any atom is 0.228 e. The maximum absolute atomic E-state index is 12.8. The third-order valence-electron chi connectivity index (χ3n) is 6.23. The predicted octanol–water partition coefficient (Wildman–Crippen LogP) is 5.50. The summed E-state index contributed by atoms with van der Waals surface area (Å²) in [5, 5.41) is 8.55. The highest BCUT2D eigenvalue weighted by atomic mass is 16.5. The summed E-state index contributed by atoms with van der Waals surface area (Å²) >= 11 is 0. The molecule has 0 spiro atoms. The third kappa shape index (κ3) is 5.69. The first kappa shape index (κ1) is 23.9. The van der Waals surface area contributed by atoms with Gasteiger partial charge in [0.25, 0.3) is 0 Å². The highest BCUT2D eigenvalue weighted by Gasteiger charge is 2.13. The molecule has 0 saturated carbocycles. The van der Waals surface area contributed by atoms with Crippen molar-refractivity contribution in [3.05, 3.63) is 78.5 Å². The molecule has 1 aliphatic heterocycles. The van der Waals surface area contributed by atoms with Crippen LogP contribution in [0, 0.1) is 5.92 Å². The molecule has 1 amide bonds. The molecule has 1 saturated heterocycles. The van der Waals surface area contributed by atoms with Gasteiger partial charge in [-0.05, 0) is 54.4 Å². The first-order valence-electron chi connectivity index (χ1n) is 12.5. The molecule has 2 heterocycles. The van der Waals surface area contributed by atoms with Gasteiger partial charge in [0.1, 0.15) is 11.5 Å². The Morgan fingerprint density at radius 2 is 1.83 bits per heavy atom. The summed E-state index contributed by atoms with van der Waals surface area (Å²) in [7, 11) is 0. The molecule has 186 valence electrons. The van der Waals surface area contributed by atoms with Gasteiger partial charge in [-0.15, -0.1) is 0 Å². The van der Waals surface area contributed by atoms with E-state index in [0.717, 1.165) is 66.4 Å². The van der Waals surface area contributed by atoms with Crippen LogP contribution in [-0.2, 0) is 22.5 Å². The summed E-state index contributed by atoms with van der Waals surface area (Å²) in [6.45, 7) is 8.49. The molecule has 1 fully saturated rings. The van der Waals surface area contributed by atoms with E-state index in [2.05, 4.69) is 29.2 Å². The van der Waals surface area contributed by atoms with Crippen molar-refractivity contribution < 1.29 is 14.3 Å². The summed E-state index contributed by atoms with van der Waals surface area (Å²) in [5.41, 5.74) is 3.83. The fraction of sp³-hybridized carbons (Fsp3) is 0.310. The van der Waals surface area contributed by atoms with Crippen LogP contribution < -0.4 is 15.0 Å². The zero-order valence-corrected chi connectivity index (χ0v) is 20.8. The number of amides is 1. The Bertz CT molecular complexity index is 1320. The van der Waals surface area contributed by atoms with Gasteiger partial charge < -0.3 is 19.7 Å². The molecule has 0 radical (unpaired) electrons. The monoisotopic (exact) mass is 484 g/mol. The minimum atomic E-state index is -0.0874. The van der Waals surface area contributed by atoms with Crippen molar-refractivity contribution in [1.29, 1.82) is 0 Å². The summed E-state index contributed by atoms with van der Waals surface area (Å²) < 4.78 is 13.7. The van der Waals surface area contributed by atoms with Crippen LogP contribution in [0.4, 0.5) is 11.4 Å². The molecule has 0 bridgehead atoms. The molecule has 4 aromatic rings. The number of morpholine rings is 1. The van der Waals surface area contributed by atoms with Crippen molar-refractivity contribution in [2.75, 3.05) is 36.5 Å². The Labute approximate surface area is 211 Å². The number of carbonyl (C=O) groups is 1. The second-order valence-electron chi connectivity index (χ2n) is 9.52. The van der Waals surface area contributed by atoms with Crippen LogP contribution in [0.1, 0.15) is 19.4 Å². The fourth-order valence-corrected chi connectivity index (χ4v) is 4.45. The molecule has 5 rings (SSSR count). The zero-order valence-electron chi connectivity index (χ0n) is 20.8. The Morgan fingerprint density at radius 1 is 1.06 bits per heavy atom. The number of hydrogen-bond acceptors (Lipinski definition) is 5. The van der Waals surface area contributed by atoms with E-state index in [9.17, 15) is 4.79 Å². The number of carbonyl (C=O) groups excluding carboxylic acids is 1. The molecular formula is C29H32N4O3. The first-order valence-corrected chi connectivity index (χ1v) is 12.5.